The summed E-state index contributed by atoms with van der Waals surface area (Å²) in [6, 6.07) is 0. The fourth-order valence-electron chi connectivity index (χ4n) is 1.86. The third kappa shape index (κ3) is 4.01. The molecule has 1 aromatic rings. The highest BCUT2D eigenvalue weighted by atomic mass is 16.6. The molecule has 0 atom stereocenters. The Morgan fingerprint density at radius 3 is 2.52 bits per heavy atom. The maximum absolute atomic E-state index is 11.7. The van der Waals surface area contributed by atoms with Gasteiger partial charge in [0.15, 0.2) is 0 Å². The molecule has 0 aromatic carbocycles. The zero-order valence-corrected chi connectivity index (χ0v) is 12.6. The van der Waals surface area contributed by atoms with Gasteiger partial charge >= 0.3 is 5.69 Å². The number of rotatable bonds is 7. The summed E-state index contributed by atoms with van der Waals surface area (Å²) in [6.45, 7) is 6.08. The first kappa shape index (κ1) is 16.6. The van der Waals surface area contributed by atoms with Crippen LogP contribution in [-0.2, 0) is 4.79 Å². The van der Waals surface area contributed by atoms with Crippen molar-refractivity contribution in [2.75, 3.05) is 36.9 Å². The lowest BCUT2D eigenvalue weighted by atomic mass is 10.3. The molecule has 9 heteroatoms. The van der Waals surface area contributed by atoms with E-state index in [1.165, 1.54) is 0 Å². The average molecular weight is 296 g/mol. The Morgan fingerprint density at radius 2 is 2.05 bits per heavy atom. The number of amides is 1. The number of nitrogens with one attached hydrogen (secondary N) is 2. The second-order valence-electron chi connectivity index (χ2n) is 4.28. The SMILES string of the molecule is CCNC(=O)CN(CC)c1nc(NC)nc(C)c1[N+](=O)[O-]. The van der Waals surface area contributed by atoms with Crippen molar-refractivity contribution in [3.8, 4) is 0 Å². The minimum Gasteiger partial charge on any atom is -0.357 e. The van der Waals surface area contributed by atoms with E-state index < -0.39 is 4.92 Å². The summed E-state index contributed by atoms with van der Waals surface area (Å²) in [4.78, 5) is 32.2. The third-order valence-corrected chi connectivity index (χ3v) is 2.84. The minimum atomic E-state index is -0.523. The number of carbonyl (C=O) groups is 1. The fraction of sp³-hybridized carbons (Fsp3) is 0.583. The maximum atomic E-state index is 11.7. The molecule has 0 unspecified atom stereocenters. The highest BCUT2D eigenvalue weighted by Crippen LogP contribution is 2.29. The van der Waals surface area contributed by atoms with Crippen LogP contribution in [0.1, 0.15) is 19.5 Å². The quantitative estimate of drug-likeness (QED) is 0.562. The Morgan fingerprint density at radius 1 is 1.38 bits per heavy atom. The molecule has 1 rings (SSSR count). The molecule has 0 radical (unpaired) electrons. The van der Waals surface area contributed by atoms with Crippen molar-refractivity contribution in [3.63, 3.8) is 0 Å². The van der Waals surface area contributed by atoms with Gasteiger partial charge in [-0.15, -0.1) is 0 Å². The molecular weight excluding hydrogens is 276 g/mol. The smallest absolute Gasteiger partial charge is 0.332 e. The number of nitro groups is 1. The van der Waals surface area contributed by atoms with Gasteiger partial charge in [-0.05, 0) is 20.8 Å². The summed E-state index contributed by atoms with van der Waals surface area (Å²) in [5.41, 5.74) is 0.0730. The van der Waals surface area contributed by atoms with E-state index in [1.54, 1.807) is 25.8 Å². The van der Waals surface area contributed by atoms with Crippen molar-refractivity contribution in [1.82, 2.24) is 15.3 Å². The number of carbonyl (C=O) groups excluding carboxylic acids is 1. The molecule has 1 amide bonds. The summed E-state index contributed by atoms with van der Waals surface area (Å²) in [5.74, 6) is 0.212. The second-order valence-corrected chi connectivity index (χ2v) is 4.28. The molecule has 116 valence electrons. The van der Waals surface area contributed by atoms with Crippen molar-refractivity contribution in [1.29, 1.82) is 0 Å². The first-order valence-electron chi connectivity index (χ1n) is 6.66. The normalized spacial score (nSPS) is 10.1. The van der Waals surface area contributed by atoms with Crippen molar-refractivity contribution < 1.29 is 9.72 Å². The van der Waals surface area contributed by atoms with Crippen molar-refractivity contribution in [2.24, 2.45) is 0 Å². The van der Waals surface area contributed by atoms with Crippen molar-refractivity contribution in [2.45, 2.75) is 20.8 Å². The molecular formula is C12H20N6O3. The molecule has 2 N–H and O–H groups in total. The monoisotopic (exact) mass is 296 g/mol. The van der Waals surface area contributed by atoms with Crippen LogP contribution in [0.15, 0.2) is 0 Å². The van der Waals surface area contributed by atoms with Crippen LogP contribution < -0.4 is 15.5 Å². The predicted molar refractivity (Wildman–Crippen MR) is 79.5 cm³/mol. The minimum absolute atomic E-state index is 0.00475. The van der Waals surface area contributed by atoms with E-state index in [0.717, 1.165) is 0 Å². The van der Waals surface area contributed by atoms with Gasteiger partial charge in [-0.2, -0.15) is 4.98 Å². The third-order valence-electron chi connectivity index (χ3n) is 2.84. The van der Waals surface area contributed by atoms with Crippen LogP contribution in [0.2, 0.25) is 0 Å². The molecule has 0 spiro atoms. The molecule has 0 saturated carbocycles. The number of nitrogens with zero attached hydrogens (tertiary/aromatic N) is 4. The van der Waals surface area contributed by atoms with E-state index in [0.29, 0.717) is 13.1 Å². The van der Waals surface area contributed by atoms with Gasteiger partial charge in [0.25, 0.3) is 0 Å². The molecule has 0 bridgehead atoms. The molecule has 1 aromatic heterocycles. The summed E-state index contributed by atoms with van der Waals surface area (Å²) >= 11 is 0. The maximum Gasteiger partial charge on any atom is 0.332 e. The van der Waals surface area contributed by atoms with Crippen LogP contribution in [0, 0.1) is 17.0 Å². The largest absolute Gasteiger partial charge is 0.357 e. The van der Waals surface area contributed by atoms with Crippen LogP contribution in [0.3, 0.4) is 0 Å². The van der Waals surface area contributed by atoms with Crippen molar-refractivity contribution >= 4 is 23.4 Å². The lowest BCUT2D eigenvalue weighted by Crippen LogP contribution is -2.38. The standard InChI is InChI=1S/C12H20N6O3/c1-5-14-9(19)7-17(6-2)11-10(18(20)21)8(3)15-12(13-4)16-11/h5-7H2,1-4H3,(H,14,19)(H,13,15,16). The Balaban J connectivity index is 3.25. The molecule has 9 nitrogen and oxygen atoms in total. The van der Waals surface area contributed by atoms with Crippen LogP contribution in [0.5, 0.6) is 0 Å². The van der Waals surface area contributed by atoms with Gasteiger partial charge in [0.1, 0.15) is 5.69 Å². The topological polar surface area (TPSA) is 113 Å². The van der Waals surface area contributed by atoms with Crippen LogP contribution in [0.4, 0.5) is 17.5 Å². The molecule has 1 heterocycles. The van der Waals surface area contributed by atoms with Gasteiger partial charge < -0.3 is 15.5 Å². The van der Waals surface area contributed by atoms with Crippen molar-refractivity contribution in [3.05, 3.63) is 15.8 Å². The van der Waals surface area contributed by atoms with Gasteiger partial charge in [-0.1, -0.05) is 0 Å². The number of anilines is 2. The van der Waals surface area contributed by atoms with Gasteiger partial charge in [0, 0.05) is 20.1 Å². The van der Waals surface area contributed by atoms with E-state index in [1.807, 2.05) is 6.92 Å². The predicted octanol–water partition coefficient (Wildman–Crippen LogP) is 0.697. The first-order valence-corrected chi connectivity index (χ1v) is 6.66. The number of aryl methyl sites for hydroxylation is 1. The van der Waals surface area contributed by atoms with Crippen LogP contribution in [-0.4, -0.2) is 47.5 Å². The van der Waals surface area contributed by atoms with E-state index >= 15 is 0 Å². The van der Waals surface area contributed by atoms with Crippen LogP contribution in [0.25, 0.3) is 0 Å². The molecule has 21 heavy (non-hydrogen) atoms. The van der Waals surface area contributed by atoms with Gasteiger partial charge in [0.05, 0.1) is 11.5 Å². The first-order chi connectivity index (χ1) is 9.94. The summed E-state index contributed by atoms with van der Waals surface area (Å²) in [6.07, 6.45) is 0. The molecule has 0 aliphatic rings. The summed E-state index contributed by atoms with van der Waals surface area (Å²) in [5, 5.41) is 16.7. The average Bonchev–Trinajstić information content (AvgIpc) is 2.43. The summed E-state index contributed by atoms with van der Waals surface area (Å²) < 4.78 is 0. The molecule has 0 aliphatic heterocycles. The Labute approximate surface area is 122 Å². The lowest BCUT2D eigenvalue weighted by Gasteiger charge is -2.21. The number of hydrogen-bond acceptors (Lipinski definition) is 7. The van der Waals surface area contributed by atoms with E-state index in [4.69, 9.17) is 0 Å². The fourth-order valence-corrected chi connectivity index (χ4v) is 1.86. The number of aromatic nitrogens is 2. The van der Waals surface area contributed by atoms with Crippen LogP contribution >= 0.6 is 0 Å². The zero-order valence-electron chi connectivity index (χ0n) is 12.6. The van der Waals surface area contributed by atoms with E-state index in [9.17, 15) is 14.9 Å². The second kappa shape index (κ2) is 7.36. The molecule has 0 saturated heterocycles. The Hall–Kier alpha value is -2.45. The molecule has 0 fully saturated rings. The zero-order chi connectivity index (χ0) is 16.0. The van der Waals surface area contributed by atoms with Gasteiger partial charge in [-0.25, -0.2) is 4.98 Å². The van der Waals surface area contributed by atoms with Gasteiger partial charge in [0.2, 0.25) is 17.7 Å². The number of likely N-dealkylation sites (N-methyl/N-ethyl adjacent to an activating group) is 2. The highest BCUT2D eigenvalue weighted by molar-refractivity contribution is 5.82. The Bertz CT molecular complexity index is 534. The molecule has 0 aliphatic carbocycles. The number of hydrogen-bond donors (Lipinski definition) is 2. The van der Waals surface area contributed by atoms with Gasteiger partial charge in [-0.3, -0.25) is 14.9 Å². The van der Waals surface area contributed by atoms with E-state index in [2.05, 4.69) is 20.6 Å². The highest BCUT2D eigenvalue weighted by Gasteiger charge is 2.26. The lowest BCUT2D eigenvalue weighted by molar-refractivity contribution is -0.385. The Kier molecular flexibility index (Phi) is 5.82. The summed E-state index contributed by atoms with van der Waals surface area (Å²) in [7, 11) is 1.63. The van der Waals surface area contributed by atoms with E-state index in [-0.39, 0.29) is 35.6 Å².